The number of thiazole rings is 1. The van der Waals surface area contributed by atoms with E-state index in [2.05, 4.69) is 37.7 Å². The Morgan fingerprint density at radius 3 is 2.66 bits per heavy atom. The Labute approximate surface area is 188 Å². The van der Waals surface area contributed by atoms with Gasteiger partial charge in [0.15, 0.2) is 11.7 Å². The lowest BCUT2D eigenvalue weighted by Gasteiger charge is -2.11. The van der Waals surface area contributed by atoms with Crippen LogP contribution in [0.25, 0.3) is 10.9 Å². The first-order valence-corrected chi connectivity index (χ1v) is 9.86. The van der Waals surface area contributed by atoms with Crippen LogP contribution >= 0.6 is 35.3 Å². The molecule has 1 aromatic carbocycles. The summed E-state index contributed by atoms with van der Waals surface area (Å²) in [7, 11) is 1.67. The van der Waals surface area contributed by atoms with Gasteiger partial charge in [0.1, 0.15) is 0 Å². The molecule has 2 aromatic heterocycles. The van der Waals surface area contributed by atoms with Crippen LogP contribution in [0.5, 0.6) is 0 Å². The molecule has 3 aromatic rings. The largest absolute Gasteiger partial charge is 0.434 e. The van der Waals surface area contributed by atoms with Crippen molar-refractivity contribution >= 4 is 52.2 Å². The normalized spacial score (nSPS) is 12.1. The van der Waals surface area contributed by atoms with Crippen molar-refractivity contribution in [2.45, 2.75) is 25.4 Å². The third kappa shape index (κ3) is 6.59. The Balaban J connectivity index is 0.00000300. The van der Waals surface area contributed by atoms with Crippen molar-refractivity contribution in [2.75, 3.05) is 20.1 Å². The molecule has 0 amide bonds. The molecule has 0 atom stereocenters. The number of benzene rings is 1. The van der Waals surface area contributed by atoms with E-state index in [1.54, 1.807) is 7.05 Å². The predicted octanol–water partition coefficient (Wildman–Crippen LogP) is 4.60. The Morgan fingerprint density at radius 1 is 1.17 bits per heavy atom. The number of aliphatic imine (C=N–C) groups is 1. The Bertz CT molecular complexity index is 935. The molecule has 3 N–H and O–H groups in total. The van der Waals surface area contributed by atoms with E-state index in [4.69, 9.17) is 0 Å². The maximum atomic E-state index is 12.6. The standard InChI is InChI=1S/C19H22F3N5S.HI/c1-23-18(25-10-8-17-27-16(12-28-17)19(20,21)22)24-9-4-5-13-11-26-15-7-3-2-6-14(13)15;/h2-3,6-7,11-12,26H,4-5,8-10H2,1H3,(H2,23,24,25);1H. The zero-order valence-electron chi connectivity index (χ0n) is 15.8. The van der Waals surface area contributed by atoms with Gasteiger partial charge in [0.05, 0.1) is 5.01 Å². The third-order valence-corrected chi connectivity index (χ3v) is 5.20. The highest BCUT2D eigenvalue weighted by atomic mass is 127. The van der Waals surface area contributed by atoms with E-state index in [0.717, 1.165) is 41.6 Å². The van der Waals surface area contributed by atoms with Crippen LogP contribution < -0.4 is 10.6 Å². The van der Waals surface area contributed by atoms with Crippen LogP contribution in [0.15, 0.2) is 40.8 Å². The number of aromatic amines is 1. The fourth-order valence-electron chi connectivity index (χ4n) is 2.89. The number of halogens is 4. The van der Waals surface area contributed by atoms with Crippen molar-refractivity contribution < 1.29 is 13.2 Å². The summed E-state index contributed by atoms with van der Waals surface area (Å²) in [6, 6.07) is 8.21. The lowest BCUT2D eigenvalue weighted by Crippen LogP contribution is -2.38. The zero-order valence-corrected chi connectivity index (χ0v) is 19.0. The van der Waals surface area contributed by atoms with Crippen LogP contribution in [-0.4, -0.2) is 36.1 Å². The number of hydrogen-bond donors (Lipinski definition) is 3. The molecule has 10 heteroatoms. The van der Waals surface area contributed by atoms with Crippen LogP contribution in [0.4, 0.5) is 13.2 Å². The van der Waals surface area contributed by atoms with Crippen molar-refractivity contribution in [1.82, 2.24) is 20.6 Å². The molecule has 29 heavy (non-hydrogen) atoms. The van der Waals surface area contributed by atoms with E-state index in [1.807, 2.05) is 18.3 Å². The van der Waals surface area contributed by atoms with E-state index >= 15 is 0 Å². The molecule has 5 nitrogen and oxygen atoms in total. The van der Waals surface area contributed by atoms with E-state index in [0.29, 0.717) is 23.9 Å². The lowest BCUT2D eigenvalue weighted by atomic mass is 10.1. The van der Waals surface area contributed by atoms with Gasteiger partial charge in [-0.1, -0.05) is 18.2 Å². The van der Waals surface area contributed by atoms with E-state index in [9.17, 15) is 13.2 Å². The molecule has 0 radical (unpaired) electrons. The summed E-state index contributed by atoms with van der Waals surface area (Å²) >= 11 is 1.02. The third-order valence-electron chi connectivity index (χ3n) is 4.29. The minimum atomic E-state index is -4.38. The number of alkyl halides is 3. The second kappa shape index (κ2) is 10.8. The van der Waals surface area contributed by atoms with E-state index in [-0.39, 0.29) is 24.0 Å². The summed E-state index contributed by atoms with van der Waals surface area (Å²) in [6.07, 6.45) is -0.0559. The van der Waals surface area contributed by atoms with Gasteiger partial charge in [0, 0.05) is 49.0 Å². The lowest BCUT2D eigenvalue weighted by molar-refractivity contribution is -0.140. The topological polar surface area (TPSA) is 65.1 Å². The number of aryl methyl sites for hydroxylation is 1. The Morgan fingerprint density at radius 2 is 1.93 bits per heavy atom. The van der Waals surface area contributed by atoms with Crippen LogP contribution in [-0.2, 0) is 19.0 Å². The van der Waals surface area contributed by atoms with Crippen LogP contribution in [0, 0.1) is 0 Å². The monoisotopic (exact) mass is 537 g/mol. The average Bonchev–Trinajstić information content (AvgIpc) is 3.31. The molecule has 3 rings (SSSR count). The first-order chi connectivity index (χ1) is 13.5. The smallest absolute Gasteiger partial charge is 0.361 e. The van der Waals surface area contributed by atoms with Crippen molar-refractivity contribution in [3.63, 3.8) is 0 Å². The molecule has 0 spiro atoms. The van der Waals surface area contributed by atoms with Gasteiger partial charge >= 0.3 is 6.18 Å². The molecule has 158 valence electrons. The van der Waals surface area contributed by atoms with Crippen molar-refractivity contribution in [3.05, 3.63) is 52.1 Å². The second-order valence-electron chi connectivity index (χ2n) is 6.26. The first kappa shape index (κ1) is 23.5. The molecule has 0 saturated heterocycles. The number of hydrogen-bond acceptors (Lipinski definition) is 3. The van der Waals surface area contributed by atoms with Crippen molar-refractivity contribution in [1.29, 1.82) is 0 Å². The van der Waals surface area contributed by atoms with Crippen molar-refractivity contribution in [3.8, 4) is 0 Å². The van der Waals surface area contributed by atoms with Gasteiger partial charge in [-0.15, -0.1) is 35.3 Å². The zero-order chi connectivity index (χ0) is 20.0. The molecule has 0 fully saturated rings. The number of aromatic nitrogens is 2. The van der Waals surface area contributed by atoms with Gasteiger partial charge < -0.3 is 15.6 Å². The van der Waals surface area contributed by atoms with Gasteiger partial charge in [-0.2, -0.15) is 13.2 Å². The summed E-state index contributed by atoms with van der Waals surface area (Å²) in [4.78, 5) is 11.0. The summed E-state index contributed by atoms with van der Waals surface area (Å²) in [5.74, 6) is 0.631. The number of H-pyrrole nitrogens is 1. The highest BCUT2D eigenvalue weighted by Crippen LogP contribution is 2.30. The molecule has 0 aliphatic heterocycles. The quantitative estimate of drug-likeness (QED) is 0.179. The summed E-state index contributed by atoms with van der Waals surface area (Å²) in [5.41, 5.74) is 1.59. The van der Waals surface area contributed by atoms with Gasteiger partial charge in [-0.3, -0.25) is 4.99 Å². The number of nitrogens with one attached hydrogen (secondary N) is 3. The summed E-state index contributed by atoms with van der Waals surface area (Å²) < 4.78 is 37.7. The number of nitrogens with zero attached hydrogens (tertiary/aromatic N) is 2. The SMILES string of the molecule is CN=C(NCCCc1c[nH]c2ccccc12)NCCc1nc(C(F)(F)F)cs1.I. The van der Waals surface area contributed by atoms with Crippen LogP contribution in [0.1, 0.15) is 22.7 Å². The van der Waals surface area contributed by atoms with Crippen LogP contribution in [0.2, 0.25) is 0 Å². The molecular weight excluding hydrogens is 514 g/mol. The van der Waals surface area contributed by atoms with Gasteiger partial charge in [0.2, 0.25) is 0 Å². The highest BCUT2D eigenvalue weighted by molar-refractivity contribution is 14.0. The van der Waals surface area contributed by atoms with E-state index < -0.39 is 11.9 Å². The van der Waals surface area contributed by atoms with Crippen molar-refractivity contribution in [2.24, 2.45) is 4.99 Å². The molecule has 0 saturated carbocycles. The fraction of sp³-hybridized carbons (Fsp3) is 0.368. The molecule has 0 bridgehead atoms. The minimum Gasteiger partial charge on any atom is -0.361 e. The van der Waals surface area contributed by atoms with Gasteiger partial charge in [-0.05, 0) is 24.5 Å². The maximum Gasteiger partial charge on any atom is 0.434 e. The summed E-state index contributed by atoms with van der Waals surface area (Å²) in [6.45, 7) is 1.21. The van der Waals surface area contributed by atoms with Gasteiger partial charge in [-0.25, -0.2) is 4.98 Å². The number of guanidine groups is 1. The number of para-hydroxylation sites is 1. The van der Waals surface area contributed by atoms with Gasteiger partial charge in [0.25, 0.3) is 0 Å². The first-order valence-electron chi connectivity index (χ1n) is 8.98. The Hall–Kier alpha value is -1.82. The molecular formula is C19H23F3IN5S. The maximum absolute atomic E-state index is 12.6. The second-order valence-corrected chi connectivity index (χ2v) is 7.21. The molecule has 0 aliphatic carbocycles. The molecule has 0 unspecified atom stereocenters. The molecule has 2 heterocycles. The van der Waals surface area contributed by atoms with E-state index in [1.165, 1.54) is 10.9 Å². The average molecular weight is 537 g/mol. The predicted molar refractivity (Wildman–Crippen MR) is 122 cm³/mol. The Kier molecular flexibility index (Phi) is 8.75. The highest BCUT2D eigenvalue weighted by Gasteiger charge is 2.33. The molecule has 0 aliphatic rings. The summed E-state index contributed by atoms with van der Waals surface area (Å²) in [5, 5.41) is 9.08. The van der Waals surface area contributed by atoms with Crippen LogP contribution in [0.3, 0.4) is 0 Å². The number of rotatable bonds is 7. The minimum absolute atomic E-state index is 0. The fourth-order valence-corrected chi connectivity index (χ4v) is 3.69. The number of fused-ring (bicyclic) bond motifs is 1.